The zero-order valence-electron chi connectivity index (χ0n) is 11.8. The summed E-state index contributed by atoms with van der Waals surface area (Å²) in [6, 6.07) is 16.8. The van der Waals surface area contributed by atoms with Crippen molar-refractivity contribution in [2.75, 3.05) is 12.3 Å². The predicted octanol–water partition coefficient (Wildman–Crippen LogP) is 1.53. The van der Waals surface area contributed by atoms with Crippen molar-refractivity contribution < 1.29 is 9.90 Å². The Morgan fingerprint density at radius 1 is 1.10 bits per heavy atom. The Labute approximate surface area is 124 Å². The van der Waals surface area contributed by atoms with E-state index in [-0.39, 0.29) is 25.0 Å². The molecule has 0 spiro atoms. The van der Waals surface area contributed by atoms with Crippen LogP contribution in [0, 0.1) is 0 Å². The van der Waals surface area contributed by atoms with Gasteiger partial charge in [0.15, 0.2) is 0 Å². The molecule has 0 unspecified atom stereocenters. The highest BCUT2D eigenvalue weighted by Gasteiger charge is 2.12. The summed E-state index contributed by atoms with van der Waals surface area (Å²) >= 11 is 0. The lowest BCUT2D eigenvalue weighted by atomic mass is 10.1. The first kappa shape index (κ1) is 15.1. The highest BCUT2D eigenvalue weighted by atomic mass is 16.3. The predicted molar refractivity (Wildman–Crippen MR) is 83.7 cm³/mol. The Kier molecular flexibility index (Phi) is 5.35. The molecule has 0 saturated carbocycles. The normalized spacial score (nSPS) is 11.9. The van der Waals surface area contributed by atoms with Crippen LogP contribution in [0.5, 0.6) is 0 Å². The van der Waals surface area contributed by atoms with Crippen LogP contribution >= 0.6 is 0 Å². The van der Waals surface area contributed by atoms with E-state index in [0.29, 0.717) is 12.1 Å². The molecule has 4 N–H and O–H groups in total. The molecule has 0 aromatic heterocycles. The summed E-state index contributed by atoms with van der Waals surface area (Å²) in [6.45, 7) is -0.0858. The second-order valence-electron chi connectivity index (χ2n) is 5.06. The summed E-state index contributed by atoms with van der Waals surface area (Å²) in [5.41, 5.74) is 8.28. The number of nitrogens with two attached hydrogens (primary N) is 1. The van der Waals surface area contributed by atoms with Crippen molar-refractivity contribution >= 4 is 11.6 Å². The quantitative estimate of drug-likeness (QED) is 0.704. The van der Waals surface area contributed by atoms with Gasteiger partial charge in [0.2, 0.25) is 5.91 Å². The van der Waals surface area contributed by atoms with Crippen LogP contribution in [0.2, 0.25) is 0 Å². The Morgan fingerprint density at radius 3 is 2.48 bits per heavy atom. The molecule has 110 valence electrons. The summed E-state index contributed by atoms with van der Waals surface area (Å²) in [6.07, 6.45) is 0.871. The van der Waals surface area contributed by atoms with Crippen LogP contribution in [-0.4, -0.2) is 23.7 Å². The number of nitrogens with one attached hydrogen (secondary N) is 1. The number of hydrogen-bond donors (Lipinski definition) is 3. The van der Waals surface area contributed by atoms with Crippen molar-refractivity contribution in [3.05, 3.63) is 65.7 Å². The number of carbonyl (C=O) groups is 1. The van der Waals surface area contributed by atoms with Crippen LogP contribution in [0.3, 0.4) is 0 Å². The summed E-state index contributed by atoms with van der Waals surface area (Å²) in [5, 5.41) is 12.3. The van der Waals surface area contributed by atoms with Gasteiger partial charge in [-0.25, -0.2) is 0 Å². The SMILES string of the molecule is Nc1cccc(CC(=O)N[C@H](CO)Cc2ccccc2)c1. The van der Waals surface area contributed by atoms with Gasteiger partial charge in [0.05, 0.1) is 19.1 Å². The summed E-state index contributed by atoms with van der Waals surface area (Å²) in [5.74, 6) is -0.115. The van der Waals surface area contributed by atoms with Crippen LogP contribution < -0.4 is 11.1 Å². The number of amides is 1. The van der Waals surface area contributed by atoms with Gasteiger partial charge in [-0.2, -0.15) is 0 Å². The molecule has 0 aliphatic rings. The molecule has 0 bridgehead atoms. The van der Waals surface area contributed by atoms with Crippen molar-refractivity contribution in [1.82, 2.24) is 5.32 Å². The van der Waals surface area contributed by atoms with Gasteiger partial charge in [-0.1, -0.05) is 42.5 Å². The highest BCUT2D eigenvalue weighted by Crippen LogP contribution is 2.08. The second kappa shape index (κ2) is 7.45. The standard InChI is InChI=1S/C17H20N2O2/c18-15-8-4-7-14(9-15)11-17(21)19-16(12-20)10-13-5-2-1-3-6-13/h1-9,16,20H,10-12,18H2,(H,19,21)/t16-/m0/s1. The molecule has 0 aliphatic carbocycles. The fraction of sp³-hybridized carbons (Fsp3) is 0.235. The number of anilines is 1. The first-order chi connectivity index (χ1) is 10.2. The largest absolute Gasteiger partial charge is 0.399 e. The summed E-state index contributed by atoms with van der Waals surface area (Å²) in [7, 11) is 0. The van der Waals surface area contributed by atoms with E-state index in [9.17, 15) is 9.90 Å². The fourth-order valence-corrected chi connectivity index (χ4v) is 2.23. The minimum Gasteiger partial charge on any atom is -0.399 e. The molecule has 0 heterocycles. The molecular formula is C17H20N2O2. The van der Waals surface area contributed by atoms with Crippen LogP contribution in [-0.2, 0) is 17.6 Å². The van der Waals surface area contributed by atoms with Crippen molar-refractivity contribution in [2.45, 2.75) is 18.9 Å². The average molecular weight is 284 g/mol. The fourth-order valence-electron chi connectivity index (χ4n) is 2.23. The summed E-state index contributed by atoms with van der Waals surface area (Å²) in [4.78, 5) is 12.0. The van der Waals surface area contributed by atoms with E-state index in [0.717, 1.165) is 11.1 Å². The Balaban J connectivity index is 1.90. The summed E-state index contributed by atoms with van der Waals surface area (Å²) < 4.78 is 0. The number of nitrogen functional groups attached to an aromatic ring is 1. The van der Waals surface area contributed by atoms with Crippen LogP contribution in [0.1, 0.15) is 11.1 Å². The minimum atomic E-state index is -0.277. The molecule has 2 aromatic rings. The lowest BCUT2D eigenvalue weighted by Gasteiger charge is -2.16. The maximum Gasteiger partial charge on any atom is 0.224 e. The molecule has 0 radical (unpaired) electrons. The third-order valence-electron chi connectivity index (χ3n) is 3.23. The Bertz CT molecular complexity index is 584. The Morgan fingerprint density at radius 2 is 1.81 bits per heavy atom. The van der Waals surface area contributed by atoms with Gasteiger partial charge in [-0.15, -0.1) is 0 Å². The van der Waals surface area contributed by atoms with E-state index < -0.39 is 0 Å². The zero-order chi connectivity index (χ0) is 15.1. The number of hydrogen-bond acceptors (Lipinski definition) is 3. The van der Waals surface area contributed by atoms with Crippen molar-refractivity contribution in [3.8, 4) is 0 Å². The van der Waals surface area contributed by atoms with Crippen molar-refractivity contribution in [1.29, 1.82) is 0 Å². The monoisotopic (exact) mass is 284 g/mol. The van der Waals surface area contributed by atoms with E-state index in [1.807, 2.05) is 42.5 Å². The molecule has 0 aliphatic heterocycles. The maximum absolute atomic E-state index is 12.0. The van der Waals surface area contributed by atoms with Gasteiger partial charge in [0.25, 0.3) is 0 Å². The zero-order valence-corrected chi connectivity index (χ0v) is 11.8. The number of aliphatic hydroxyl groups excluding tert-OH is 1. The number of benzene rings is 2. The maximum atomic E-state index is 12.0. The van der Waals surface area contributed by atoms with E-state index in [1.165, 1.54) is 0 Å². The number of rotatable bonds is 6. The molecule has 2 rings (SSSR count). The molecule has 0 saturated heterocycles. The first-order valence-corrected chi connectivity index (χ1v) is 6.96. The first-order valence-electron chi connectivity index (χ1n) is 6.96. The topological polar surface area (TPSA) is 75.4 Å². The third kappa shape index (κ3) is 4.93. The molecule has 1 atom stereocenters. The van der Waals surface area contributed by atoms with Gasteiger partial charge < -0.3 is 16.2 Å². The number of carbonyl (C=O) groups excluding carboxylic acids is 1. The molecule has 1 amide bonds. The van der Waals surface area contributed by atoms with E-state index in [4.69, 9.17) is 5.73 Å². The van der Waals surface area contributed by atoms with Gasteiger partial charge >= 0.3 is 0 Å². The van der Waals surface area contributed by atoms with E-state index >= 15 is 0 Å². The van der Waals surface area contributed by atoms with E-state index in [1.54, 1.807) is 12.1 Å². The molecule has 4 nitrogen and oxygen atoms in total. The number of aliphatic hydroxyl groups is 1. The van der Waals surface area contributed by atoms with Crippen LogP contribution in [0.15, 0.2) is 54.6 Å². The molecule has 4 heteroatoms. The van der Waals surface area contributed by atoms with Crippen LogP contribution in [0.25, 0.3) is 0 Å². The molecular weight excluding hydrogens is 264 g/mol. The second-order valence-corrected chi connectivity index (χ2v) is 5.06. The van der Waals surface area contributed by atoms with Gasteiger partial charge in [-0.3, -0.25) is 4.79 Å². The lowest BCUT2D eigenvalue weighted by molar-refractivity contribution is -0.121. The third-order valence-corrected chi connectivity index (χ3v) is 3.23. The lowest BCUT2D eigenvalue weighted by Crippen LogP contribution is -2.39. The van der Waals surface area contributed by atoms with Crippen LogP contribution in [0.4, 0.5) is 5.69 Å². The average Bonchev–Trinajstić information content (AvgIpc) is 2.47. The smallest absolute Gasteiger partial charge is 0.224 e. The van der Waals surface area contributed by atoms with Gasteiger partial charge in [0.1, 0.15) is 0 Å². The molecule has 2 aromatic carbocycles. The Hall–Kier alpha value is -2.33. The van der Waals surface area contributed by atoms with Gasteiger partial charge in [0, 0.05) is 5.69 Å². The van der Waals surface area contributed by atoms with Crippen molar-refractivity contribution in [3.63, 3.8) is 0 Å². The molecule has 0 fully saturated rings. The molecule has 21 heavy (non-hydrogen) atoms. The van der Waals surface area contributed by atoms with E-state index in [2.05, 4.69) is 5.32 Å². The highest BCUT2D eigenvalue weighted by molar-refractivity contribution is 5.79. The van der Waals surface area contributed by atoms with Crippen molar-refractivity contribution in [2.24, 2.45) is 0 Å². The van der Waals surface area contributed by atoms with Gasteiger partial charge in [-0.05, 0) is 29.7 Å². The minimum absolute atomic E-state index is 0.0858.